The molecule has 2 rings (SSSR count). The lowest BCUT2D eigenvalue weighted by atomic mass is 9.65. The molecular formula is C18H25ClFNO5. The number of carboxylic acids is 2. The van der Waals surface area contributed by atoms with Gasteiger partial charge in [0.2, 0.25) is 0 Å². The number of halogens is 2. The second-order valence-electron chi connectivity index (χ2n) is 7.25. The highest BCUT2D eigenvalue weighted by Crippen LogP contribution is 2.41. The average Bonchev–Trinajstić information content (AvgIpc) is 2.50. The van der Waals surface area contributed by atoms with E-state index in [-0.39, 0.29) is 18.2 Å². The molecule has 1 aromatic carbocycles. The second-order valence-corrected chi connectivity index (χ2v) is 7.68. The summed E-state index contributed by atoms with van der Waals surface area (Å²) in [6.07, 6.45) is 3.81. The van der Waals surface area contributed by atoms with Gasteiger partial charge in [-0.25, -0.2) is 14.0 Å². The molecule has 0 amide bonds. The molecule has 1 fully saturated rings. The van der Waals surface area contributed by atoms with E-state index in [0.29, 0.717) is 17.0 Å². The Morgan fingerprint density at radius 3 is 2.38 bits per heavy atom. The number of hydrogen-bond acceptors (Lipinski definition) is 4. The van der Waals surface area contributed by atoms with Gasteiger partial charge in [0.25, 0.3) is 0 Å². The molecule has 1 aliphatic carbocycles. The molecule has 1 saturated carbocycles. The summed E-state index contributed by atoms with van der Waals surface area (Å²) in [5, 5.41) is 26.3. The van der Waals surface area contributed by atoms with Crippen molar-refractivity contribution in [3.8, 4) is 0 Å². The Morgan fingerprint density at radius 1 is 1.31 bits per heavy atom. The summed E-state index contributed by atoms with van der Waals surface area (Å²) in [6.45, 7) is 3.87. The number of rotatable bonds is 3. The highest BCUT2D eigenvalue weighted by molar-refractivity contribution is 6.30. The summed E-state index contributed by atoms with van der Waals surface area (Å²) in [5.41, 5.74) is 5.26. The van der Waals surface area contributed by atoms with Crippen LogP contribution >= 0.6 is 11.6 Å². The number of nitrogens with two attached hydrogens (primary N) is 1. The van der Waals surface area contributed by atoms with Crippen LogP contribution in [-0.4, -0.2) is 38.4 Å². The summed E-state index contributed by atoms with van der Waals surface area (Å²) < 4.78 is 13.9. The van der Waals surface area contributed by atoms with Crippen molar-refractivity contribution in [1.29, 1.82) is 0 Å². The molecule has 0 heterocycles. The topological polar surface area (TPSA) is 121 Å². The van der Waals surface area contributed by atoms with Crippen molar-refractivity contribution in [3.63, 3.8) is 0 Å². The number of carbonyl (C=O) groups is 2. The SMILES string of the molecule is CC(C)(N)[C@@H]1CCCC[C@@]1(O)Cc1cc(Cl)ccc1F.O=C(O)C(=O)O. The number of hydrogen-bond donors (Lipinski definition) is 4. The van der Waals surface area contributed by atoms with Gasteiger partial charge in [-0.15, -0.1) is 0 Å². The standard InChI is InChI=1S/C16H23ClFNO.C2H2O4/c1-15(2,19)14-5-3-4-8-16(14,20)10-11-9-12(17)6-7-13(11)18;3-1(4)2(5)6/h6-7,9,14,20H,3-5,8,10,19H2,1-2H3;(H,3,4)(H,5,6)/t14-,16+;/m0./s1. The van der Waals surface area contributed by atoms with Crippen molar-refractivity contribution in [1.82, 2.24) is 0 Å². The lowest BCUT2D eigenvalue weighted by Crippen LogP contribution is -2.56. The van der Waals surface area contributed by atoms with Gasteiger partial charge in [-0.05, 0) is 50.5 Å². The van der Waals surface area contributed by atoms with E-state index in [1.54, 1.807) is 6.07 Å². The Kier molecular flexibility index (Phi) is 7.56. The van der Waals surface area contributed by atoms with Gasteiger partial charge in [-0.3, -0.25) is 0 Å². The van der Waals surface area contributed by atoms with E-state index in [1.807, 2.05) is 13.8 Å². The van der Waals surface area contributed by atoms with Crippen LogP contribution in [0.4, 0.5) is 4.39 Å². The predicted molar refractivity (Wildman–Crippen MR) is 95.6 cm³/mol. The molecule has 2 atom stereocenters. The van der Waals surface area contributed by atoms with E-state index in [2.05, 4.69) is 0 Å². The van der Waals surface area contributed by atoms with Crippen LogP contribution in [0.15, 0.2) is 18.2 Å². The molecule has 1 aliphatic rings. The Bertz CT molecular complexity index is 649. The Hall–Kier alpha value is -1.70. The maximum absolute atomic E-state index is 13.9. The predicted octanol–water partition coefficient (Wildman–Crippen LogP) is 2.84. The first-order valence-electron chi connectivity index (χ1n) is 8.28. The molecule has 0 unspecified atom stereocenters. The first-order chi connectivity index (χ1) is 11.9. The van der Waals surface area contributed by atoms with Crippen LogP contribution in [0, 0.1) is 11.7 Å². The zero-order valence-corrected chi connectivity index (χ0v) is 15.6. The van der Waals surface area contributed by atoms with Crippen LogP contribution in [0.5, 0.6) is 0 Å². The lowest BCUT2D eigenvalue weighted by molar-refractivity contribution is -0.159. The van der Waals surface area contributed by atoms with E-state index < -0.39 is 23.1 Å². The summed E-state index contributed by atoms with van der Waals surface area (Å²) >= 11 is 5.93. The second kappa shape index (κ2) is 8.79. The van der Waals surface area contributed by atoms with E-state index in [9.17, 15) is 9.50 Å². The fourth-order valence-electron chi connectivity index (χ4n) is 3.51. The Balaban J connectivity index is 0.000000487. The number of carboxylic acid groups (broad SMARTS) is 2. The van der Waals surface area contributed by atoms with Gasteiger partial charge in [0.05, 0.1) is 5.60 Å². The lowest BCUT2D eigenvalue weighted by Gasteiger charge is -2.46. The van der Waals surface area contributed by atoms with Crippen LogP contribution in [0.25, 0.3) is 0 Å². The van der Waals surface area contributed by atoms with Crippen molar-refractivity contribution < 1.29 is 29.3 Å². The van der Waals surface area contributed by atoms with Gasteiger partial charge in [-0.2, -0.15) is 0 Å². The minimum atomic E-state index is -1.82. The summed E-state index contributed by atoms with van der Waals surface area (Å²) in [6, 6.07) is 4.48. The fraction of sp³-hybridized carbons (Fsp3) is 0.556. The van der Waals surface area contributed by atoms with Crippen molar-refractivity contribution >= 4 is 23.5 Å². The summed E-state index contributed by atoms with van der Waals surface area (Å²) in [4.78, 5) is 18.2. The fourth-order valence-corrected chi connectivity index (χ4v) is 3.70. The smallest absolute Gasteiger partial charge is 0.414 e. The Morgan fingerprint density at radius 2 is 1.88 bits per heavy atom. The van der Waals surface area contributed by atoms with Gasteiger partial charge >= 0.3 is 11.9 Å². The maximum Gasteiger partial charge on any atom is 0.414 e. The van der Waals surface area contributed by atoms with Gasteiger partial charge in [0.15, 0.2) is 0 Å². The molecule has 8 heteroatoms. The Labute approximate surface area is 156 Å². The van der Waals surface area contributed by atoms with E-state index in [1.165, 1.54) is 12.1 Å². The third-order valence-electron chi connectivity index (χ3n) is 4.59. The van der Waals surface area contributed by atoms with Gasteiger partial charge in [0.1, 0.15) is 5.82 Å². The van der Waals surface area contributed by atoms with Crippen LogP contribution in [-0.2, 0) is 16.0 Å². The van der Waals surface area contributed by atoms with Crippen LogP contribution in [0.3, 0.4) is 0 Å². The molecule has 0 bridgehead atoms. The zero-order chi connectivity index (χ0) is 20.1. The minimum Gasteiger partial charge on any atom is -0.473 e. The molecule has 0 spiro atoms. The molecule has 5 N–H and O–H groups in total. The van der Waals surface area contributed by atoms with Crippen molar-refractivity contribution in [2.75, 3.05) is 0 Å². The number of aliphatic carboxylic acids is 2. The minimum absolute atomic E-state index is 0.0397. The van der Waals surface area contributed by atoms with Crippen LogP contribution in [0.2, 0.25) is 5.02 Å². The highest BCUT2D eigenvalue weighted by atomic mass is 35.5. The van der Waals surface area contributed by atoms with Crippen LogP contribution in [0.1, 0.15) is 45.1 Å². The molecule has 0 aliphatic heterocycles. The molecule has 1 aromatic rings. The quantitative estimate of drug-likeness (QED) is 0.590. The van der Waals surface area contributed by atoms with E-state index in [4.69, 9.17) is 37.1 Å². The monoisotopic (exact) mass is 389 g/mol. The van der Waals surface area contributed by atoms with Crippen molar-refractivity contribution in [2.24, 2.45) is 11.7 Å². The van der Waals surface area contributed by atoms with Gasteiger partial charge in [-0.1, -0.05) is 24.4 Å². The van der Waals surface area contributed by atoms with Gasteiger partial charge < -0.3 is 21.1 Å². The maximum atomic E-state index is 13.9. The molecule has 0 saturated heterocycles. The number of aliphatic hydroxyl groups is 1. The molecule has 0 aromatic heterocycles. The molecule has 0 radical (unpaired) electrons. The largest absolute Gasteiger partial charge is 0.473 e. The summed E-state index contributed by atoms with van der Waals surface area (Å²) in [5.74, 6) is -4.01. The average molecular weight is 390 g/mol. The normalized spacial score (nSPS) is 22.9. The van der Waals surface area contributed by atoms with Crippen molar-refractivity contribution in [3.05, 3.63) is 34.6 Å². The zero-order valence-electron chi connectivity index (χ0n) is 14.8. The van der Waals surface area contributed by atoms with Crippen LogP contribution < -0.4 is 5.73 Å². The first-order valence-corrected chi connectivity index (χ1v) is 8.66. The third-order valence-corrected chi connectivity index (χ3v) is 4.82. The highest BCUT2D eigenvalue weighted by Gasteiger charge is 2.45. The van der Waals surface area contributed by atoms with E-state index in [0.717, 1.165) is 19.3 Å². The molecule has 6 nitrogen and oxygen atoms in total. The van der Waals surface area contributed by atoms with E-state index >= 15 is 0 Å². The first kappa shape index (κ1) is 22.3. The molecular weight excluding hydrogens is 365 g/mol. The molecule has 26 heavy (non-hydrogen) atoms. The summed E-state index contributed by atoms with van der Waals surface area (Å²) in [7, 11) is 0. The van der Waals surface area contributed by atoms with Gasteiger partial charge in [0, 0.05) is 22.9 Å². The number of benzene rings is 1. The third kappa shape index (κ3) is 6.23. The van der Waals surface area contributed by atoms with Crippen molar-refractivity contribution in [2.45, 2.75) is 57.1 Å². The molecule has 146 valence electrons.